The number of hydrogen-bond donors (Lipinski definition) is 1. The second-order valence-corrected chi connectivity index (χ2v) is 6.58. The van der Waals surface area contributed by atoms with Gasteiger partial charge in [-0.2, -0.15) is 0 Å². The molecule has 134 valence electrons. The van der Waals surface area contributed by atoms with Gasteiger partial charge >= 0.3 is 0 Å². The standard InChI is InChI=1S/C20H26N2O3/c1-14(2)25-20-9-6-17(12-22-20)11-16-4-7-18(8-5-16)24-13-15(3)10-19(21)23/h4-9,12,14-15H,10-11,13H2,1-3H3,(H2,21,23)/t15-/m0/s1. The van der Waals surface area contributed by atoms with Gasteiger partial charge in [0.25, 0.3) is 0 Å². The third-order valence-electron chi connectivity index (χ3n) is 3.57. The largest absolute Gasteiger partial charge is 0.493 e. The molecule has 0 spiro atoms. The Labute approximate surface area is 149 Å². The maximum absolute atomic E-state index is 10.9. The number of primary amides is 1. The summed E-state index contributed by atoms with van der Waals surface area (Å²) >= 11 is 0. The fraction of sp³-hybridized carbons (Fsp3) is 0.400. The molecule has 5 heteroatoms. The minimum absolute atomic E-state index is 0.106. The Kier molecular flexibility index (Phi) is 6.81. The third-order valence-corrected chi connectivity index (χ3v) is 3.57. The van der Waals surface area contributed by atoms with Crippen molar-refractivity contribution in [2.24, 2.45) is 11.7 Å². The maximum Gasteiger partial charge on any atom is 0.217 e. The van der Waals surface area contributed by atoms with Crippen molar-refractivity contribution in [1.82, 2.24) is 4.98 Å². The monoisotopic (exact) mass is 342 g/mol. The quantitative estimate of drug-likeness (QED) is 0.758. The summed E-state index contributed by atoms with van der Waals surface area (Å²) in [6.07, 6.45) is 3.10. The predicted molar refractivity (Wildman–Crippen MR) is 97.7 cm³/mol. The summed E-state index contributed by atoms with van der Waals surface area (Å²) in [5.74, 6) is 1.24. The zero-order valence-electron chi connectivity index (χ0n) is 15.1. The highest BCUT2D eigenvalue weighted by molar-refractivity contribution is 5.73. The average molecular weight is 342 g/mol. The minimum Gasteiger partial charge on any atom is -0.493 e. The van der Waals surface area contributed by atoms with Crippen molar-refractivity contribution in [1.29, 1.82) is 0 Å². The Balaban J connectivity index is 1.86. The lowest BCUT2D eigenvalue weighted by atomic mass is 10.1. The summed E-state index contributed by atoms with van der Waals surface area (Å²) in [6, 6.07) is 11.9. The number of nitrogens with two attached hydrogens (primary N) is 1. The van der Waals surface area contributed by atoms with E-state index in [9.17, 15) is 4.79 Å². The SMILES string of the molecule is CC(C)Oc1ccc(Cc2ccc(OC[C@@H](C)CC(N)=O)cc2)cn1. The van der Waals surface area contributed by atoms with Crippen LogP contribution in [0.3, 0.4) is 0 Å². The van der Waals surface area contributed by atoms with Crippen LogP contribution in [0.2, 0.25) is 0 Å². The van der Waals surface area contributed by atoms with Gasteiger partial charge in [-0.3, -0.25) is 4.79 Å². The topological polar surface area (TPSA) is 74.4 Å². The van der Waals surface area contributed by atoms with E-state index in [0.29, 0.717) is 18.9 Å². The van der Waals surface area contributed by atoms with Gasteiger partial charge in [0.15, 0.2) is 0 Å². The van der Waals surface area contributed by atoms with Crippen molar-refractivity contribution < 1.29 is 14.3 Å². The van der Waals surface area contributed by atoms with Gasteiger partial charge in [-0.25, -0.2) is 4.98 Å². The number of benzene rings is 1. The lowest BCUT2D eigenvalue weighted by Crippen LogP contribution is -2.18. The zero-order valence-corrected chi connectivity index (χ0v) is 15.1. The van der Waals surface area contributed by atoms with E-state index >= 15 is 0 Å². The van der Waals surface area contributed by atoms with Gasteiger partial charge in [-0.05, 0) is 49.4 Å². The van der Waals surface area contributed by atoms with Gasteiger partial charge in [-0.1, -0.05) is 25.1 Å². The van der Waals surface area contributed by atoms with Crippen molar-refractivity contribution in [3.8, 4) is 11.6 Å². The van der Waals surface area contributed by atoms with Crippen LogP contribution in [-0.2, 0) is 11.2 Å². The molecule has 1 atom stereocenters. The molecule has 2 rings (SSSR count). The molecular formula is C20H26N2O3. The Morgan fingerprint density at radius 2 is 1.76 bits per heavy atom. The van der Waals surface area contributed by atoms with Crippen molar-refractivity contribution in [2.75, 3.05) is 6.61 Å². The molecule has 25 heavy (non-hydrogen) atoms. The van der Waals surface area contributed by atoms with E-state index in [1.54, 1.807) is 0 Å². The summed E-state index contributed by atoms with van der Waals surface area (Å²) in [4.78, 5) is 15.2. The first-order chi connectivity index (χ1) is 11.9. The number of aromatic nitrogens is 1. The lowest BCUT2D eigenvalue weighted by Gasteiger charge is -2.12. The molecule has 0 saturated heterocycles. The van der Waals surface area contributed by atoms with Crippen LogP contribution in [0.4, 0.5) is 0 Å². The van der Waals surface area contributed by atoms with Crippen LogP contribution in [0.15, 0.2) is 42.6 Å². The van der Waals surface area contributed by atoms with Crippen LogP contribution in [0, 0.1) is 5.92 Å². The minimum atomic E-state index is -0.301. The summed E-state index contributed by atoms with van der Waals surface area (Å²) in [5.41, 5.74) is 7.48. The summed E-state index contributed by atoms with van der Waals surface area (Å²) < 4.78 is 11.2. The Bertz CT molecular complexity index is 666. The molecule has 0 aliphatic heterocycles. The molecule has 1 amide bonds. The molecule has 0 unspecified atom stereocenters. The molecule has 1 heterocycles. The second kappa shape index (κ2) is 9.06. The second-order valence-electron chi connectivity index (χ2n) is 6.58. The number of rotatable bonds is 9. The number of carbonyl (C=O) groups excluding carboxylic acids is 1. The number of ether oxygens (including phenoxy) is 2. The molecule has 0 bridgehead atoms. The Hall–Kier alpha value is -2.56. The van der Waals surface area contributed by atoms with Gasteiger partial charge in [0.05, 0.1) is 12.7 Å². The molecule has 2 N–H and O–H groups in total. The number of hydrogen-bond acceptors (Lipinski definition) is 4. The average Bonchev–Trinajstić information content (AvgIpc) is 2.55. The van der Waals surface area contributed by atoms with Crippen LogP contribution in [0.25, 0.3) is 0 Å². The van der Waals surface area contributed by atoms with Crippen LogP contribution in [0.5, 0.6) is 11.6 Å². The fourth-order valence-corrected chi connectivity index (χ4v) is 2.41. The van der Waals surface area contributed by atoms with Crippen LogP contribution < -0.4 is 15.2 Å². The summed E-state index contributed by atoms with van der Waals surface area (Å²) in [5, 5.41) is 0. The first-order valence-corrected chi connectivity index (χ1v) is 8.54. The van der Waals surface area contributed by atoms with Crippen molar-refractivity contribution >= 4 is 5.91 Å². The van der Waals surface area contributed by atoms with E-state index in [1.807, 2.05) is 63.4 Å². The first-order valence-electron chi connectivity index (χ1n) is 8.54. The van der Waals surface area contributed by atoms with E-state index in [1.165, 1.54) is 5.56 Å². The highest BCUT2D eigenvalue weighted by Crippen LogP contribution is 2.17. The highest BCUT2D eigenvalue weighted by atomic mass is 16.5. The molecule has 2 aromatic rings. The Morgan fingerprint density at radius 3 is 2.32 bits per heavy atom. The van der Waals surface area contributed by atoms with E-state index in [2.05, 4.69) is 4.98 Å². The molecule has 0 aliphatic carbocycles. The van der Waals surface area contributed by atoms with Crippen molar-refractivity contribution in [3.63, 3.8) is 0 Å². The molecule has 0 aliphatic rings. The van der Waals surface area contributed by atoms with E-state index in [4.69, 9.17) is 15.2 Å². The highest BCUT2D eigenvalue weighted by Gasteiger charge is 2.07. The van der Waals surface area contributed by atoms with E-state index < -0.39 is 0 Å². The van der Waals surface area contributed by atoms with E-state index in [-0.39, 0.29) is 17.9 Å². The normalized spacial score (nSPS) is 12.0. The van der Waals surface area contributed by atoms with Gasteiger partial charge in [-0.15, -0.1) is 0 Å². The van der Waals surface area contributed by atoms with Gasteiger partial charge < -0.3 is 15.2 Å². The first kappa shape index (κ1) is 18.8. The van der Waals surface area contributed by atoms with Crippen LogP contribution in [0.1, 0.15) is 38.3 Å². The summed E-state index contributed by atoms with van der Waals surface area (Å²) in [7, 11) is 0. The summed E-state index contributed by atoms with van der Waals surface area (Å²) in [6.45, 7) is 6.38. The van der Waals surface area contributed by atoms with Gasteiger partial charge in [0.1, 0.15) is 5.75 Å². The molecular weight excluding hydrogens is 316 g/mol. The number of carbonyl (C=O) groups is 1. The molecule has 5 nitrogen and oxygen atoms in total. The fourth-order valence-electron chi connectivity index (χ4n) is 2.41. The van der Waals surface area contributed by atoms with Crippen molar-refractivity contribution in [3.05, 3.63) is 53.7 Å². The smallest absolute Gasteiger partial charge is 0.217 e. The molecule has 0 fully saturated rings. The van der Waals surface area contributed by atoms with Crippen molar-refractivity contribution in [2.45, 2.75) is 39.7 Å². The number of amides is 1. The zero-order chi connectivity index (χ0) is 18.2. The molecule has 0 radical (unpaired) electrons. The number of nitrogens with zero attached hydrogens (tertiary/aromatic N) is 1. The third kappa shape index (κ3) is 6.83. The molecule has 1 aromatic carbocycles. The molecule has 1 aromatic heterocycles. The predicted octanol–water partition coefficient (Wildman–Crippen LogP) is 3.35. The Morgan fingerprint density at radius 1 is 1.08 bits per heavy atom. The van der Waals surface area contributed by atoms with Gasteiger partial charge in [0.2, 0.25) is 11.8 Å². The number of pyridine rings is 1. The van der Waals surface area contributed by atoms with Gasteiger partial charge in [0, 0.05) is 18.7 Å². The van der Waals surface area contributed by atoms with Crippen LogP contribution in [-0.4, -0.2) is 23.6 Å². The van der Waals surface area contributed by atoms with E-state index in [0.717, 1.165) is 17.7 Å². The lowest BCUT2D eigenvalue weighted by molar-refractivity contribution is -0.119. The van der Waals surface area contributed by atoms with Crippen LogP contribution >= 0.6 is 0 Å². The maximum atomic E-state index is 10.9. The molecule has 0 saturated carbocycles.